The molecule has 1 aromatic rings. The maximum Gasteiger partial charge on any atom is 0.306 e. The van der Waals surface area contributed by atoms with Crippen LogP contribution < -0.4 is 5.32 Å². The summed E-state index contributed by atoms with van der Waals surface area (Å²) in [5.74, 6) is -1.20. The van der Waals surface area contributed by atoms with Gasteiger partial charge in [-0.25, -0.2) is 8.42 Å². The lowest BCUT2D eigenvalue weighted by molar-refractivity contribution is -0.148. The van der Waals surface area contributed by atoms with Gasteiger partial charge in [-0.05, 0) is 37.2 Å². The summed E-state index contributed by atoms with van der Waals surface area (Å²) in [5.41, 5.74) is 1.52. The van der Waals surface area contributed by atoms with Crippen molar-refractivity contribution in [3.05, 3.63) is 16.0 Å². The van der Waals surface area contributed by atoms with Gasteiger partial charge in [0.25, 0.3) is 5.91 Å². The van der Waals surface area contributed by atoms with Crippen molar-refractivity contribution in [2.24, 2.45) is 5.92 Å². The van der Waals surface area contributed by atoms with E-state index in [-0.39, 0.29) is 23.8 Å². The number of hydrogen-bond donors (Lipinski definition) is 1. The maximum absolute atomic E-state index is 12.0. The van der Waals surface area contributed by atoms with E-state index in [0.717, 1.165) is 29.7 Å². The van der Waals surface area contributed by atoms with Gasteiger partial charge in [-0.1, -0.05) is 0 Å². The summed E-state index contributed by atoms with van der Waals surface area (Å²) in [7, 11) is -3.04. The zero-order valence-electron chi connectivity index (χ0n) is 13.5. The van der Waals surface area contributed by atoms with Crippen molar-refractivity contribution in [1.29, 1.82) is 5.26 Å². The molecule has 3 rings (SSSR count). The highest BCUT2D eigenvalue weighted by molar-refractivity contribution is 7.91. The summed E-state index contributed by atoms with van der Waals surface area (Å²) in [6.07, 6.45) is 3.26. The van der Waals surface area contributed by atoms with Crippen LogP contribution in [0.15, 0.2) is 0 Å². The number of fused-ring (bicyclic) bond motifs is 1. The van der Waals surface area contributed by atoms with Gasteiger partial charge in [0.2, 0.25) is 0 Å². The van der Waals surface area contributed by atoms with Gasteiger partial charge < -0.3 is 10.1 Å². The third-order valence-corrected chi connectivity index (χ3v) is 7.48. The molecular weight excluding hydrogens is 364 g/mol. The number of ether oxygens (including phenoxy) is 1. The molecule has 7 nitrogen and oxygen atoms in total. The van der Waals surface area contributed by atoms with E-state index in [2.05, 4.69) is 11.4 Å². The monoisotopic (exact) mass is 382 g/mol. The molecule has 0 saturated carbocycles. The summed E-state index contributed by atoms with van der Waals surface area (Å²) in [4.78, 5) is 24.9. The second kappa shape index (κ2) is 7.14. The summed E-state index contributed by atoms with van der Waals surface area (Å²) < 4.78 is 27.7. The second-order valence-electron chi connectivity index (χ2n) is 6.36. The number of nitrogens with one attached hydrogen (secondary N) is 1. The van der Waals surface area contributed by atoms with Crippen molar-refractivity contribution in [3.8, 4) is 6.07 Å². The van der Waals surface area contributed by atoms with Crippen LogP contribution in [0.1, 0.15) is 35.3 Å². The first-order valence-corrected chi connectivity index (χ1v) is 10.7. The van der Waals surface area contributed by atoms with Crippen molar-refractivity contribution in [3.63, 3.8) is 0 Å². The number of hydrogen-bond acceptors (Lipinski definition) is 7. The molecular formula is C16H18N2O5S2. The number of anilines is 1. The largest absolute Gasteiger partial charge is 0.456 e. The number of nitrogens with zero attached hydrogens (tertiary/aromatic N) is 1. The third-order valence-electron chi connectivity index (χ3n) is 4.43. The first-order valence-electron chi connectivity index (χ1n) is 8.08. The average Bonchev–Trinajstić information content (AvgIpc) is 3.19. The van der Waals surface area contributed by atoms with Crippen molar-refractivity contribution in [1.82, 2.24) is 0 Å². The Bertz CT molecular complexity index is 851. The van der Waals surface area contributed by atoms with Crippen LogP contribution in [0.5, 0.6) is 0 Å². The van der Waals surface area contributed by atoms with Gasteiger partial charge in [-0.2, -0.15) is 5.26 Å². The van der Waals surface area contributed by atoms with E-state index in [0.29, 0.717) is 17.0 Å². The first kappa shape index (κ1) is 17.9. The molecule has 1 aromatic heterocycles. The van der Waals surface area contributed by atoms with E-state index in [4.69, 9.17) is 4.74 Å². The lowest BCUT2D eigenvalue weighted by atomic mass is 10.1. The molecule has 1 aliphatic heterocycles. The minimum Gasteiger partial charge on any atom is -0.456 e. The molecule has 0 unspecified atom stereocenters. The standard InChI is InChI=1S/C16H18N2O5S2/c17-7-12-11-2-1-3-13(11)24-16(12)18-14(19)8-23-15(20)6-10-4-5-25(21,22)9-10/h10H,1-6,8-9H2,(H,18,19)/t10-/m0/s1. The Morgan fingerprint density at radius 2 is 2.16 bits per heavy atom. The lowest BCUT2D eigenvalue weighted by Gasteiger charge is -2.08. The number of thiophene rings is 1. The quantitative estimate of drug-likeness (QED) is 0.771. The Morgan fingerprint density at radius 3 is 2.84 bits per heavy atom. The van der Waals surface area contributed by atoms with Gasteiger partial charge in [0.15, 0.2) is 16.4 Å². The molecule has 1 fully saturated rings. The highest BCUT2D eigenvalue weighted by Gasteiger charge is 2.30. The Morgan fingerprint density at radius 1 is 1.36 bits per heavy atom. The number of aryl methyl sites for hydroxylation is 1. The molecule has 2 heterocycles. The number of sulfone groups is 1. The van der Waals surface area contributed by atoms with Gasteiger partial charge in [-0.15, -0.1) is 11.3 Å². The minimum absolute atomic E-state index is 0.000570. The Labute approximate surface area is 149 Å². The Kier molecular flexibility index (Phi) is 5.11. The topological polar surface area (TPSA) is 113 Å². The molecule has 25 heavy (non-hydrogen) atoms. The number of amides is 1. The maximum atomic E-state index is 12.0. The van der Waals surface area contributed by atoms with Crippen molar-refractivity contribution in [2.45, 2.75) is 32.1 Å². The van der Waals surface area contributed by atoms with E-state index >= 15 is 0 Å². The van der Waals surface area contributed by atoms with Crippen LogP contribution in [-0.2, 0) is 37.0 Å². The zero-order chi connectivity index (χ0) is 18.0. The van der Waals surface area contributed by atoms with Crippen LogP contribution in [-0.4, -0.2) is 38.4 Å². The Hall–Kier alpha value is -1.92. The molecule has 134 valence electrons. The highest BCUT2D eigenvalue weighted by atomic mass is 32.2. The molecule has 9 heteroatoms. The summed E-state index contributed by atoms with van der Waals surface area (Å²) >= 11 is 1.40. The van der Waals surface area contributed by atoms with Crippen molar-refractivity contribution >= 4 is 38.1 Å². The molecule has 0 spiro atoms. The fourth-order valence-electron chi connectivity index (χ4n) is 3.25. The number of carbonyl (C=O) groups is 2. The highest BCUT2D eigenvalue weighted by Crippen LogP contribution is 2.38. The van der Waals surface area contributed by atoms with Crippen LogP contribution in [0, 0.1) is 17.2 Å². The molecule has 1 amide bonds. The number of rotatable bonds is 5. The summed E-state index contributed by atoms with van der Waals surface area (Å²) in [5, 5.41) is 12.4. The molecule has 0 radical (unpaired) electrons. The van der Waals surface area contributed by atoms with E-state index in [1.807, 2.05) is 0 Å². The van der Waals surface area contributed by atoms with Crippen molar-refractivity contribution in [2.75, 3.05) is 23.4 Å². The zero-order valence-corrected chi connectivity index (χ0v) is 15.2. The van der Waals surface area contributed by atoms with Gasteiger partial charge >= 0.3 is 5.97 Å². The molecule has 0 bridgehead atoms. The third kappa shape index (κ3) is 4.19. The summed E-state index contributed by atoms with van der Waals surface area (Å²) in [6, 6.07) is 2.13. The van der Waals surface area contributed by atoms with Crippen LogP contribution in [0.4, 0.5) is 5.00 Å². The van der Waals surface area contributed by atoms with E-state index in [1.54, 1.807) is 0 Å². The average molecular weight is 382 g/mol. The Balaban J connectivity index is 1.49. The number of carbonyl (C=O) groups excluding carboxylic acids is 2. The van der Waals surface area contributed by atoms with E-state index in [1.165, 1.54) is 11.3 Å². The van der Waals surface area contributed by atoms with Gasteiger partial charge in [-0.3, -0.25) is 9.59 Å². The SMILES string of the molecule is N#Cc1c(NC(=O)COC(=O)C[C@@H]2CCS(=O)(=O)C2)sc2c1CCC2. The minimum atomic E-state index is -3.04. The molecule has 1 atom stereocenters. The smallest absolute Gasteiger partial charge is 0.306 e. The number of nitriles is 1. The lowest BCUT2D eigenvalue weighted by Crippen LogP contribution is -2.22. The van der Waals surface area contributed by atoms with Crippen LogP contribution in [0.2, 0.25) is 0 Å². The van der Waals surface area contributed by atoms with Gasteiger partial charge in [0, 0.05) is 11.3 Å². The molecule has 1 N–H and O–H groups in total. The van der Waals surface area contributed by atoms with E-state index in [9.17, 15) is 23.3 Å². The number of esters is 1. The predicted octanol–water partition coefficient (Wildman–Crippen LogP) is 1.41. The fraction of sp³-hybridized carbons (Fsp3) is 0.562. The normalized spacial score (nSPS) is 20.7. The van der Waals surface area contributed by atoms with Gasteiger partial charge in [0.05, 0.1) is 17.1 Å². The van der Waals surface area contributed by atoms with Crippen molar-refractivity contribution < 1.29 is 22.7 Å². The van der Waals surface area contributed by atoms with Crippen LogP contribution in [0.25, 0.3) is 0 Å². The predicted molar refractivity (Wildman–Crippen MR) is 92.0 cm³/mol. The first-order chi connectivity index (χ1) is 11.9. The molecule has 1 aliphatic carbocycles. The van der Waals surface area contributed by atoms with E-state index < -0.39 is 28.3 Å². The fourth-order valence-corrected chi connectivity index (χ4v) is 6.36. The van der Waals surface area contributed by atoms with Crippen LogP contribution >= 0.6 is 11.3 Å². The second-order valence-corrected chi connectivity index (χ2v) is 9.69. The summed E-state index contributed by atoms with van der Waals surface area (Å²) in [6.45, 7) is -0.439. The molecule has 2 aliphatic rings. The van der Waals surface area contributed by atoms with Gasteiger partial charge in [0.1, 0.15) is 11.1 Å². The van der Waals surface area contributed by atoms with Crippen LogP contribution in [0.3, 0.4) is 0 Å². The molecule has 1 saturated heterocycles. The molecule has 0 aromatic carbocycles.